The minimum absolute atomic E-state index is 0.285. The fraction of sp³-hybridized carbons (Fsp3) is 0.333. The molecule has 1 aliphatic rings. The van der Waals surface area contributed by atoms with Crippen LogP contribution in [0.5, 0.6) is 0 Å². The van der Waals surface area contributed by atoms with E-state index in [0.717, 1.165) is 24.0 Å². The summed E-state index contributed by atoms with van der Waals surface area (Å²) >= 11 is 0. The molecule has 1 atom stereocenters. The van der Waals surface area contributed by atoms with Crippen molar-refractivity contribution >= 4 is 0 Å². The van der Waals surface area contributed by atoms with Crippen LogP contribution in [0.25, 0.3) is 0 Å². The highest BCUT2D eigenvalue weighted by atomic mass is 19.1. The number of aliphatic hydroxyl groups is 1. The lowest BCUT2D eigenvalue weighted by Gasteiger charge is -2.41. The minimum atomic E-state index is -0.663. The maximum absolute atomic E-state index is 13.1. The highest BCUT2D eigenvalue weighted by Gasteiger charge is 2.41. The van der Waals surface area contributed by atoms with Crippen molar-refractivity contribution in [2.45, 2.75) is 24.4 Å². The zero-order chi connectivity index (χ0) is 14.7. The Morgan fingerprint density at radius 1 is 0.952 bits per heavy atom. The van der Waals surface area contributed by atoms with Crippen molar-refractivity contribution in [1.29, 1.82) is 0 Å². The molecule has 2 nitrogen and oxygen atoms in total. The Balaban J connectivity index is 2.01. The Labute approximate surface area is 124 Å². The van der Waals surface area contributed by atoms with E-state index in [1.54, 1.807) is 12.1 Å². The van der Waals surface area contributed by atoms with Gasteiger partial charge in [0.1, 0.15) is 5.82 Å². The Hall–Kier alpha value is -1.71. The van der Waals surface area contributed by atoms with Crippen LogP contribution in [-0.4, -0.2) is 18.3 Å². The minimum Gasteiger partial charge on any atom is -0.387 e. The molecule has 0 radical (unpaired) electrons. The number of hydrogen-bond donors (Lipinski definition) is 1. The van der Waals surface area contributed by atoms with Crippen molar-refractivity contribution in [2.24, 2.45) is 0 Å². The van der Waals surface area contributed by atoms with E-state index >= 15 is 0 Å². The highest BCUT2D eigenvalue weighted by Crippen LogP contribution is 2.45. The van der Waals surface area contributed by atoms with E-state index < -0.39 is 6.10 Å². The van der Waals surface area contributed by atoms with E-state index in [1.165, 1.54) is 12.1 Å². The van der Waals surface area contributed by atoms with Crippen LogP contribution in [0.3, 0.4) is 0 Å². The topological polar surface area (TPSA) is 29.5 Å². The first kappa shape index (κ1) is 14.2. The fourth-order valence-electron chi connectivity index (χ4n) is 3.19. The van der Waals surface area contributed by atoms with Gasteiger partial charge in [-0.2, -0.15) is 0 Å². The molecule has 2 aromatic rings. The van der Waals surface area contributed by atoms with Gasteiger partial charge in [0.15, 0.2) is 0 Å². The van der Waals surface area contributed by atoms with Gasteiger partial charge in [-0.3, -0.25) is 0 Å². The summed E-state index contributed by atoms with van der Waals surface area (Å²) < 4.78 is 18.6. The Kier molecular flexibility index (Phi) is 4.04. The van der Waals surface area contributed by atoms with Gasteiger partial charge in [-0.25, -0.2) is 4.39 Å². The molecule has 1 N–H and O–H groups in total. The van der Waals surface area contributed by atoms with Gasteiger partial charge in [0.2, 0.25) is 0 Å². The smallest absolute Gasteiger partial charge is 0.123 e. The average molecular weight is 286 g/mol. The molecule has 0 aromatic heterocycles. The Bertz CT molecular complexity index is 574. The van der Waals surface area contributed by atoms with E-state index in [4.69, 9.17) is 4.74 Å². The monoisotopic (exact) mass is 286 g/mol. The number of rotatable bonds is 3. The van der Waals surface area contributed by atoms with E-state index in [-0.39, 0.29) is 11.2 Å². The van der Waals surface area contributed by atoms with Crippen LogP contribution in [-0.2, 0) is 10.2 Å². The number of aliphatic hydroxyl groups excluding tert-OH is 1. The normalized spacial score (nSPS) is 19.1. The summed E-state index contributed by atoms with van der Waals surface area (Å²) in [5, 5.41) is 11.0. The second kappa shape index (κ2) is 5.96. The first-order valence-corrected chi connectivity index (χ1v) is 7.29. The second-order valence-electron chi connectivity index (χ2n) is 5.59. The standard InChI is InChI=1S/C18H19FO2/c19-16-8-6-14(7-9-16)17(20)18(10-12-21-13-11-18)15-4-2-1-3-5-15/h1-9,17,20H,10-13H2. The van der Waals surface area contributed by atoms with Gasteiger partial charge < -0.3 is 9.84 Å². The van der Waals surface area contributed by atoms with E-state index in [2.05, 4.69) is 12.1 Å². The SMILES string of the molecule is OC(c1ccc(F)cc1)C1(c2ccccc2)CCOCC1. The molecule has 3 rings (SSSR count). The molecule has 2 aromatic carbocycles. The summed E-state index contributed by atoms with van der Waals surface area (Å²) in [6, 6.07) is 16.2. The van der Waals surface area contributed by atoms with Crippen LogP contribution in [0.4, 0.5) is 4.39 Å². The zero-order valence-corrected chi connectivity index (χ0v) is 11.8. The zero-order valence-electron chi connectivity index (χ0n) is 11.8. The molecule has 1 saturated heterocycles. The summed E-state index contributed by atoms with van der Waals surface area (Å²) in [5.41, 5.74) is 1.50. The summed E-state index contributed by atoms with van der Waals surface area (Å²) in [4.78, 5) is 0. The molecule has 0 bridgehead atoms. The number of ether oxygens (including phenoxy) is 1. The van der Waals surface area contributed by atoms with Crippen LogP contribution in [0, 0.1) is 5.82 Å². The van der Waals surface area contributed by atoms with Gasteiger partial charge >= 0.3 is 0 Å². The molecular formula is C18H19FO2. The van der Waals surface area contributed by atoms with Gasteiger partial charge in [-0.05, 0) is 36.1 Å². The van der Waals surface area contributed by atoms with Gasteiger partial charge in [-0.15, -0.1) is 0 Å². The predicted octanol–water partition coefficient (Wildman–Crippen LogP) is 3.61. The Morgan fingerprint density at radius 3 is 2.19 bits per heavy atom. The molecule has 0 amide bonds. The van der Waals surface area contributed by atoms with Crippen molar-refractivity contribution in [3.8, 4) is 0 Å². The molecule has 0 spiro atoms. The molecule has 1 heterocycles. The molecule has 110 valence electrons. The first-order chi connectivity index (χ1) is 10.2. The predicted molar refractivity (Wildman–Crippen MR) is 79.5 cm³/mol. The van der Waals surface area contributed by atoms with Crippen LogP contribution in [0.15, 0.2) is 54.6 Å². The average Bonchev–Trinajstić information content (AvgIpc) is 2.56. The third-order valence-corrected chi connectivity index (χ3v) is 4.44. The molecule has 1 aliphatic heterocycles. The van der Waals surface area contributed by atoms with Gasteiger partial charge in [0, 0.05) is 18.6 Å². The van der Waals surface area contributed by atoms with Gasteiger partial charge in [-0.1, -0.05) is 42.5 Å². The maximum Gasteiger partial charge on any atom is 0.123 e. The lowest BCUT2D eigenvalue weighted by atomic mass is 9.68. The van der Waals surface area contributed by atoms with Crippen LogP contribution in [0.1, 0.15) is 30.1 Å². The fourth-order valence-corrected chi connectivity index (χ4v) is 3.19. The van der Waals surface area contributed by atoms with Gasteiger partial charge in [0.25, 0.3) is 0 Å². The quantitative estimate of drug-likeness (QED) is 0.934. The number of benzene rings is 2. The third-order valence-electron chi connectivity index (χ3n) is 4.44. The number of halogens is 1. The van der Waals surface area contributed by atoms with Crippen LogP contribution < -0.4 is 0 Å². The Morgan fingerprint density at radius 2 is 1.57 bits per heavy atom. The maximum atomic E-state index is 13.1. The van der Waals surface area contributed by atoms with Crippen LogP contribution >= 0.6 is 0 Å². The van der Waals surface area contributed by atoms with Crippen molar-refractivity contribution in [1.82, 2.24) is 0 Å². The second-order valence-corrected chi connectivity index (χ2v) is 5.59. The van der Waals surface area contributed by atoms with E-state index in [0.29, 0.717) is 13.2 Å². The largest absolute Gasteiger partial charge is 0.387 e. The van der Waals surface area contributed by atoms with Crippen molar-refractivity contribution < 1.29 is 14.2 Å². The van der Waals surface area contributed by atoms with Crippen molar-refractivity contribution in [3.05, 3.63) is 71.5 Å². The molecule has 3 heteroatoms. The van der Waals surface area contributed by atoms with Crippen LogP contribution in [0.2, 0.25) is 0 Å². The van der Waals surface area contributed by atoms with E-state index in [1.807, 2.05) is 18.2 Å². The molecule has 0 saturated carbocycles. The molecule has 0 aliphatic carbocycles. The highest BCUT2D eigenvalue weighted by molar-refractivity contribution is 5.32. The lowest BCUT2D eigenvalue weighted by Crippen LogP contribution is -2.39. The first-order valence-electron chi connectivity index (χ1n) is 7.29. The molecule has 1 unspecified atom stereocenters. The summed E-state index contributed by atoms with van der Waals surface area (Å²) in [6.07, 6.45) is 0.856. The summed E-state index contributed by atoms with van der Waals surface area (Å²) in [6.45, 7) is 1.26. The molecular weight excluding hydrogens is 267 g/mol. The molecule has 1 fully saturated rings. The van der Waals surface area contributed by atoms with Gasteiger partial charge in [0.05, 0.1) is 6.10 Å². The van der Waals surface area contributed by atoms with E-state index in [9.17, 15) is 9.50 Å². The molecule has 21 heavy (non-hydrogen) atoms. The van der Waals surface area contributed by atoms with Crippen molar-refractivity contribution in [3.63, 3.8) is 0 Å². The summed E-state index contributed by atoms with van der Waals surface area (Å²) in [5.74, 6) is -0.285. The number of hydrogen-bond acceptors (Lipinski definition) is 2. The third kappa shape index (κ3) is 2.71. The van der Waals surface area contributed by atoms with Crippen molar-refractivity contribution in [2.75, 3.05) is 13.2 Å². The lowest BCUT2D eigenvalue weighted by molar-refractivity contribution is -0.0171. The summed E-state index contributed by atoms with van der Waals surface area (Å²) in [7, 11) is 0.